The predicted octanol–water partition coefficient (Wildman–Crippen LogP) is 7.31. The van der Waals surface area contributed by atoms with E-state index < -0.39 is 0 Å². The van der Waals surface area contributed by atoms with Gasteiger partial charge in [-0.05, 0) is 0 Å². The maximum absolute atomic E-state index is 3.35. The second kappa shape index (κ2) is 9.62. The Morgan fingerprint density at radius 3 is 2.17 bits per heavy atom. The summed E-state index contributed by atoms with van der Waals surface area (Å²) in [5, 5.41) is 6.35. The Kier molecular flexibility index (Phi) is 6.48. The second-order valence-corrected chi connectivity index (χ2v) is 9.49. The molecule has 1 heteroatoms. The Balaban J connectivity index is 1.64. The van der Waals surface area contributed by atoms with Crippen molar-refractivity contribution in [1.82, 2.24) is 0 Å². The molecule has 4 aromatic carbocycles. The fraction of sp³-hybridized carbons (Fsp3) is 0.143. The molecule has 0 aliphatic rings. The van der Waals surface area contributed by atoms with Crippen LogP contribution in [0.25, 0.3) is 26.0 Å². The number of rotatable bonds is 5. The van der Waals surface area contributed by atoms with Crippen molar-refractivity contribution in [2.75, 3.05) is 0 Å². The monoisotopic (exact) mass is 440 g/mol. The molecule has 0 N–H and O–H groups in total. The van der Waals surface area contributed by atoms with Crippen molar-refractivity contribution in [2.24, 2.45) is 0 Å². The Bertz CT molecular complexity index is 1220. The normalized spacial score (nSPS) is 11.4. The van der Waals surface area contributed by atoms with Gasteiger partial charge in [0.15, 0.2) is 0 Å². The van der Waals surface area contributed by atoms with E-state index in [0.29, 0.717) is 15.0 Å². The van der Waals surface area contributed by atoms with Gasteiger partial charge in [-0.1, -0.05) is 0 Å². The van der Waals surface area contributed by atoms with Crippen molar-refractivity contribution in [2.45, 2.75) is 25.1 Å². The van der Waals surface area contributed by atoms with Gasteiger partial charge in [-0.2, -0.15) is 0 Å². The van der Waals surface area contributed by atoms with Gasteiger partial charge >= 0.3 is 180 Å². The van der Waals surface area contributed by atoms with E-state index in [4.69, 9.17) is 0 Å². The molecule has 142 valence electrons. The Morgan fingerprint density at radius 2 is 1.45 bits per heavy atom. The summed E-state index contributed by atoms with van der Waals surface area (Å²) in [7, 11) is 0. The van der Waals surface area contributed by atoms with Crippen LogP contribution in [0.3, 0.4) is 0 Å². The molecular weight excluding hydrogens is 415 g/mol. The molecule has 0 fully saturated rings. The molecule has 0 aliphatic heterocycles. The van der Waals surface area contributed by atoms with Crippen LogP contribution in [0.2, 0.25) is 5.32 Å². The van der Waals surface area contributed by atoms with E-state index in [0.717, 1.165) is 5.56 Å². The fourth-order valence-corrected chi connectivity index (χ4v) is 5.61. The van der Waals surface area contributed by atoms with E-state index in [-0.39, 0.29) is 0 Å². The van der Waals surface area contributed by atoms with E-state index in [1.165, 1.54) is 49.7 Å². The molecule has 0 atom stereocenters. The number of hydrogen-bond acceptors (Lipinski definition) is 0. The zero-order valence-corrected chi connectivity index (χ0v) is 18.4. The number of unbranched alkanes of at least 4 members (excludes halogenated alkanes) is 1. The van der Waals surface area contributed by atoms with E-state index in [9.17, 15) is 0 Å². The van der Waals surface area contributed by atoms with Gasteiger partial charge in [-0.15, -0.1) is 0 Å². The summed E-state index contributed by atoms with van der Waals surface area (Å²) < 4.78 is 1.39. The van der Waals surface area contributed by atoms with Crippen molar-refractivity contribution >= 4 is 41.0 Å². The fourth-order valence-electron chi connectivity index (χ4n) is 3.33. The van der Waals surface area contributed by atoms with Crippen LogP contribution in [0.15, 0.2) is 91.0 Å². The first-order valence-corrected chi connectivity index (χ1v) is 12.2. The summed E-state index contributed by atoms with van der Waals surface area (Å²) in [6.07, 6.45) is 4.67. The third-order valence-corrected chi connectivity index (χ3v) is 7.39. The third kappa shape index (κ3) is 4.99. The Morgan fingerprint density at radius 1 is 0.793 bits per heavy atom. The summed E-state index contributed by atoms with van der Waals surface area (Å²) in [4.78, 5) is 0. The van der Waals surface area contributed by atoms with Crippen molar-refractivity contribution in [3.05, 3.63) is 102 Å². The molecule has 0 heterocycles. The van der Waals surface area contributed by atoms with Crippen LogP contribution in [-0.2, 0) is 0 Å². The second-order valence-electron chi connectivity index (χ2n) is 7.10. The van der Waals surface area contributed by atoms with Gasteiger partial charge in [0.2, 0.25) is 0 Å². The molecular formula is C28H24Se. The average Bonchev–Trinajstić information content (AvgIpc) is 2.78. The zero-order valence-electron chi connectivity index (χ0n) is 16.7. The Hall–Kier alpha value is -2.78. The van der Waals surface area contributed by atoms with Crippen LogP contribution < -0.4 is 0 Å². The van der Waals surface area contributed by atoms with E-state index in [2.05, 4.69) is 110 Å². The van der Waals surface area contributed by atoms with Crippen molar-refractivity contribution < 1.29 is 0 Å². The summed E-state index contributed by atoms with van der Waals surface area (Å²) in [5.41, 5.74) is 2.38. The molecule has 0 unspecified atom stereocenters. The van der Waals surface area contributed by atoms with Crippen LogP contribution in [0.1, 0.15) is 30.9 Å². The molecule has 4 rings (SSSR count). The minimum absolute atomic E-state index is 0.441. The van der Waals surface area contributed by atoms with Crippen molar-refractivity contribution in [3.8, 4) is 11.8 Å². The third-order valence-electron chi connectivity index (χ3n) is 4.96. The van der Waals surface area contributed by atoms with Gasteiger partial charge in [-0.25, -0.2) is 0 Å². The van der Waals surface area contributed by atoms with Crippen molar-refractivity contribution in [3.63, 3.8) is 0 Å². The van der Waals surface area contributed by atoms with Crippen molar-refractivity contribution in [1.29, 1.82) is 0 Å². The van der Waals surface area contributed by atoms with Gasteiger partial charge in [-0.3, -0.25) is 0 Å². The molecule has 0 aromatic heterocycles. The molecule has 0 saturated heterocycles. The van der Waals surface area contributed by atoms with Crippen LogP contribution in [0.4, 0.5) is 0 Å². The summed E-state index contributed by atoms with van der Waals surface area (Å²) in [6.45, 7) is 2.26. The molecule has 0 radical (unpaired) electrons. The van der Waals surface area contributed by atoms with Gasteiger partial charge in [0.25, 0.3) is 0 Å². The summed E-state index contributed by atoms with van der Waals surface area (Å²) in [5.74, 6) is 6.69. The molecule has 0 saturated carbocycles. The molecule has 0 bridgehead atoms. The summed E-state index contributed by atoms with van der Waals surface area (Å²) >= 11 is 0.441. The van der Waals surface area contributed by atoms with Gasteiger partial charge in [0.1, 0.15) is 0 Å². The number of benzene rings is 4. The van der Waals surface area contributed by atoms with E-state index in [1.54, 1.807) is 0 Å². The predicted molar refractivity (Wildman–Crippen MR) is 128 cm³/mol. The minimum atomic E-state index is 0.441. The first kappa shape index (κ1) is 19.5. The van der Waals surface area contributed by atoms with E-state index in [1.807, 2.05) is 0 Å². The van der Waals surface area contributed by atoms with Gasteiger partial charge in [0.05, 0.1) is 0 Å². The first-order chi connectivity index (χ1) is 14.3. The summed E-state index contributed by atoms with van der Waals surface area (Å²) in [6, 6.07) is 30.2. The number of fused-ring (bicyclic) bond motifs is 2. The molecule has 0 nitrogen and oxygen atoms in total. The quantitative estimate of drug-likeness (QED) is 0.174. The molecule has 0 amide bonds. The maximum atomic E-state index is 3.35. The average molecular weight is 439 g/mol. The van der Waals surface area contributed by atoms with Gasteiger partial charge in [0, 0.05) is 0 Å². The van der Waals surface area contributed by atoms with E-state index >= 15 is 0 Å². The van der Waals surface area contributed by atoms with Crippen LogP contribution in [0.5, 0.6) is 0 Å². The van der Waals surface area contributed by atoms with Crippen LogP contribution in [-0.4, -0.2) is 15.0 Å². The number of hydrogen-bond donors (Lipinski definition) is 0. The topological polar surface area (TPSA) is 0 Å². The first-order valence-electron chi connectivity index (χ1n) is 10.2. The molecule has 0 aliphatic carbocycles. The Labute approximate surface area is 179 Å². The van der Waals surface area contributed by atoms with Gasteiger partial charge < -0.3 is 0 Å². The van der Waals surface area contributed by atoms with Crippen LogP contribution in [0, 0.1) is 11.8 Å². The standard InChI is InChI=1S/C28H24Se/c1-2-3-19-29-28(27-18-17-24-11-5-7-13-26(24)21-27)14-8-9-22-15-16-23-10-4-6-12-25(23)20-22/h4-7,10-18,20-21H,2-3,19H2,1H3/b28-14-. The number of allylic oxidation sites excluding steroid dienone is 1. The molecule has 29 heavy (non-hydrogen) atoms. The zero-order chi connectivity index (χ0) is 19.9. The molecule has 4 aromatic rings. The SMILES string of the molecule is CCCC[Se]/C(=C\C#Cc1ccc2ccccc2c1)c1ccc2ccccc2c1. The molecule has 0 spiro atoms. The van der Waals surface area contributed by atoms with Crippen LogP contribution >= 0.6 is 0 Å².